The number of amides is 1. The third-order valence-electron chi connectivity index (χ3n) is 5.62. The van der Waals surface area contributed by atoms with Crippen molar-refractivity contribution in [1.29, 1.82) is 0 Å². The van der Waals surface area contributed by atoms with E-state index in [0.29, 0.717) is 49.2 Å². The Morgan fingerprint density at radius 3 is 2.75 bits per heavy atom. The van der Waals surface area contributed by atoms with Gasteiger partial charge in [0.1, 0.15) is 31.3 Å². The molecule has 9 heteroatoms. The van der Waals surface area contributed by atoms with Crippen LogP contribution in [0.4, 0.5) is 8.78 Å². The Bertz CT molecular complexity index is 967. The molecule has 172 valence electrons. The van der Waals surface area contributed by atoms with Crippen molar-refractivity contribution in [2.45, 2.75) is 18.5 Å². The number of rotatable bonds is 7. The van der Waals surface area contributed by atoms with E-state index in [1.165, 1.54) is 12.1 Å². The van der Waals surface area contributed by atoms with Crippen LogP contribution in [-0.2, 0) is 0 Å². The fourth-order valence-electron chi connectivity index (χ4n) is 3.81. The number of para-hydroxylation sites is 1. The fourth-order valence-corrected chi connectivity index (χ4v) is 3.99. The Morgan fingerprint density at radius 2 is 1.97 bits per heavy atom. The lowest BCUT2D eigenvalue weighted by Crippen LogP contribution is -2.49. The molecule has 0 unspecified atom stereocenters. The topological polar surface area (TPSA) is 60.0 Å². The maximum atomic E-state index is 15.2. The van der Waals surface area contributed by atoms with Crippen LogP contribution in [0, 0.1) is 5.82 Å². The number of benzene rings is 2. The summed E-state index contributed by atoms with van der Waals surface area (Å²) in [7, 11) is 0. The molecule has 1 amide bonds. The SMILES string of the molecule is O=C(c1ccc(F)c(Cl)c1)N1CCC(F)(CNCCOc2cccc3c2OCCO3)CC1. The lowest BCUT2D eigenvalue weighted by atomic mass is 9.93. The van der Waals surface area contributed by atoms with Gasteiger partial charge in [-0.25, -0.2) is 8.78 Å². The van der Waals surface area contributed by atoms with E-state index in [1.807, 2.05) is 18.2 Å². The predicted octanol–water partition coefficient (Wildman–Crippen LogP) is 3.86. The molecule has 32 heavy (non-hydrogen) atoms. The molecule has 1 N–H and O–H groups in total. The number of fused-ring (bicyclic) bond motifs is 1. The van der Waals surface area contributed by atoms with Gasteiger partial charge in [-0.15, -0.1) is 0 Å². The summed E-state index contributed by atoms with van der Waals surface area (Å²) >= 11 is 5.76. The standard InChI is InChI=1S/C23H25ClF2N2O4/c24-17-14-16(4-5-18(17)25)22(29)28-9-6-23(26,7-10-28)15-27-8-11-30-19-2-1-3-20-21(19)32-13-12-31-20/h1-5,14,27H,6-13,15H2. The van der Waals surface area contributed by atoms with Crippen molar-refractivity contribution in [3.05, 3.63) is 52.8 Å². The monoisotopic (exact) mass is 466 g/mol. The van der Waals surface area contributed by atoms with Gasteiger partial charge in [0.15, 0.2) is 11.5 Å². The normalized spacial score (nSPS) is 17.2. The van der Waals surface area contributed by atoms with Gasteiger partial charge in [0.05, 0.1) is 5.02 Å². The summed E-state index contributed by atoms with van der Waals surface area (Å²) in [6, 6.07) is 9.33. The zero-order valence-corrected chi connectivity index (χ0v) is 18.3. The third-order valence-corrected chi connectivity index (χ3v) is 5.91. The van der Waals surface area contributed by atoms with E-state index in [9.17, 15) is 9.18 Å². The fraction of sp³-hybridized carbons (Fsp3) is 0.435. The molecule has 2 heterocycles. The van der Waals surface area contributed by atoms with E-state index in [2.05, 4.69) is 5.32 Å². The molecule has 1 saturated heterocycles. The summed E-state index contributed by atoms with van der Waals surface area (Å²) < 4.78 is 45.4. The number of nitrogens with zero attached hydrogens (tertiary/aromatic N) is 1. The average molecular weight is 467 g/mol. The Balaban J connectivity index is 1.20. The predicted molar refractivity (Wildman–Crippen MR) is 116 cm³/mol. The van der Waals surface area contributed by atoms with Gasteiger partial charge in [-0.3, -0.25) is 4.79 Å². The highest BCUT2D eigenvalue weighted by molar-refractivity contribution is 6.31. The lowest BCUT2D eigenvalue weighted by molar-refractivity contribution is 0.0433. The van der Waals surface area contributed by atoms with Gasteiger partial charge in [0.25, 0.3) is 5.91 Å². The van der Waals surface area contributed by atoms with Crippen molar-refractivity contribution in [2.75, 3.05) is 46.0 Å². The summed E-state index contributed by atoms with van der Waals surface area (Å²) in [4.78, 5) is 14.2. The molecular formula is C23H25ClF2N2O4. The molecule has 1 fully saturated rings. The molecule has 0 saturated carbocycles. The summed E-state index contributed by atoms with van der Waals surface area (Å²) in [6.07, 6.45) is 0.442. The third kappa shape index (κ3) is 5.24. The molecule has 2 aromatic rings. The van der Waals surface area contributed by atoms with Gasteiger partial charge in [-0.05, 0) is 30.3 Å². The second-order valence-electron chi connectivity index (χ2n) is 7.88. The van der Waals surface area contributed by atoms with Gasteiger partial charge in [0.2, 0.25) is 5.75 Å². The molecular weight excluding hydrogens is 442 g/mol. The van der Waals surface area contributed by atoms with Crippen LogP contribution in [0.1, 0.15) is 23.2 Å². The molecule has 2 aliphatic heterocycles. The minimum atomic E-state index is -1.40. The number of hydrogen-bond donors (Lipinski definition) is 1. The van der Waals surface area contributed by atoms with Gasteiger partial charge in [-0.2, -0.15) is 0 Å². The molecule has 0 atom stereocenters. The van der Waals surface area contributed by atoms with Crippen molar-refractivity contribution in [2.24, 2.45) is 0 Å². The quantitative estimate of drug-likeness (QED) is 0.628. The molecule has 0 radical (unpaired) electrons. The Labute approximate surface area is 190 Å². The Morgan fingerprint density at radius 1 is 1.19 bits per heavy atom. The van der Waals surface area contributed by atoms with Crippen LogP contribution in [0.2, 0.25) is 5.02 Å². The van der Waals surface area contributed by atoms with E-state index in [-0.39, 0.29) is 43.4 Å². The highest BCUT2D eigenvalue weighted by Crippen LogP contribution is 2.38. The van der Waals surface area contributed by atoms with Crippen molar-refractivity contribution < 1.29 is 27.8 Å². The van der Waals surface area contributed by atoms with Gasteiger partial charge in [0, 0.05) is 44.6 Å². The number of nitrogens with one attached hydrogen (secondary N) is 1. The second kappa shape index (κ2) is 9.92. The van der Waals surface area contributed by atoms with Crippen LogP contribution in [0.15, 0.2) is 36.4 Å². The highest BCUT2D eigenvalue weighted by Gasteiger charge is 2.36. The Hall–Kier alpha value is -2.58. The van der Waals surface area contributed by atoms with Crippen molar-refractivity contribution >= 4 is 17.5 Å². The summed E-state index contributed by atoms with van der Waals surface area (Å²) in [6.45, 7) is 2.55. The van der Waals surface area contributed by atoms with Crippen LogP contribution in [0.25, 0.3) is 0 Å². The van der Waals surface area contributed by atoms with Gasteiger partial charge >= 0.3 is 0 Å². The number of carbonyl (C=O) groups excluding carboxylic acids is 1. The van der Waals surface area contributed by atoms with Crippen LogP contribution in [-0.4, -0.2) is 62.5 Å². The van der Waals surface area contributed by atoms with Crippen molar-refractivity contribution in [3.63, 3.8) is 0 Å². The van der Waals surface area contributed by atoms with Crippen molar-refractivity contribution in [1.82, 2.24) is 10.2 Å². The second-order valence-corrected chi connectivity index (χ2v) is 8.28. The number of carbonyl (C=O) groups is 1. The number of alkyl halides is 1. The molecule has 0 aromatic heterocycles. The van der Waals surface area contributed by atoms with E-state index < -0.39 is 11.5 Å². The molecule has 2 aliphatic rings. The van der Waals surface area contributed by atoms with Crippen LogP contribution >= 0.6 is 11.6 Å². The lowest BCUT2D eigenvalue weighted by Gasteiger charge is -2.36. The molecule has 4 rings (SSSR count). The highest BCUT2D eigenvalue weighted by atomic mass is 35.5. The van der Waals surface area contributed by atoms with Crippen LogP contribution in [0.3, 0.4) is 0 Å². The van der Waals surface area contributed by atoms with E-state index in [0.717, 1.165) is 6.07 Å². The minimum Gasteiger partial charge on any atom is -0.488 e. The zero-order chi connectivity index (χ0) is 22.6. The number of ether oxygens (including phenoxy) is 3. The summed E-state index contributed by atoms with van der Waals surface area (Å²) in [5.74, 6) is 1.01. The number of piperidine rings is 1. The van der Waals surface area contributed by atoms with E-state index in [1.54, 1.807) is 4.90 Å². The maximum absolute atomic E-state index is 15.2. The first-order chi connectivity index (χ1) is 15.5. The first-order valence-corrected chi connectivity index (χ1v) is 11.0. The number of likely N-dealkylation sites (tertiary alicyclic amines) is 1. The van der Waals surface area contributed by atoms with E-state index in [4.69, 9.17) is 25.8 Å². The smallest absolute Gasteiger partial charge is 0.253 e. The molecule has 6 nitrogen and oxygen atoms in total. The first-order valence-electron chi connectivity index (χ1n) is 10.6. The summed E-state index contributed by atoms with van der Waals surface area (Å²) in [5.41, 5.74) is -1.10. The molecule has 0 bridgehead atoms. The number of halogens is 3. The van der Waals surface area contributed by atoms with E-state index >= 15 is 4.39 Å². The van der Waals surface area contributed by atoms with Gasteiger partial charge in [-0.1, -0.05) is 17.7 Å². The molecule has 0 aliphatic carbocycles. The minimum absolute atomic E-state index is 0.103. The Kier molecular flexibility index (Phi) is 7.01. The number of hydrogen-bond acceptors (Lipinski definition) is 5. The largest absolute Gasteiger partial charge is 0.488 e. The van der Waals surface area contributed by atoms with Crippen molar-refractivity contribution in [3.8, 4) is 17.2 Å². The van der Waals surface area contributed by atoms with Gasteiger partial charge < -0.3 is 24.4 Å². The molecule has 0 spiro atoms. The maximum Gasteiger partial charge on any atom is 0.253 e. The zero-order valence-electron chi connectivity index (χ0n) is 17.5. The van der Waals surface area contributed by atoms with Crippen LogP contribution in [0.5, 0.6) is 17.2 Å². The first kappa shape index (κ1) is 22.6. The molecule has 2 aromatic carbocycles. The average Bonchev–Trinajstić information content (AvgIpc) is 2.81. The summed E-state index contributed by atoms with van der Waals surface area (Å²) in [5, 5.41) is 3.00. The van der Waals surface area contributed by atoms with Crippen LogP contribution < -0.4 is 19.5 Å².